The molecule has 1 fully saturated rings. The Morgan fingerprint density at radius 3 is 2.67 bits per heavy atom. The van der Waals surface area contributed by atoms with E-state index in [1.165, 1.54) is 0 Å². The van der Waals surface area contributed by atoms with Crippen LogP contribution in [0.4, 0.5) is 0 Å². The summed E-state index contributed by atoms with van der Waals surface area (Å²) in [6.07, 6.45) is 5.50. The van der Waals surface area contributed by atoms with E-state index >= 15 is 0 Å². The first kappa shape index (κ1) is 16.4. The highest BCUT2D eigenvalue weighted by Crippen LogP contribution is 2.18. The molecular formula is C13H25N5O2S. The molecule has 7 nitrogen and oxygen atoms in total. The first-order chi connectivity index (χ1) is 10.0. The number of hydrogen-bond acceptors (Lipinski definition) is 4. The molecule has 120 valence electrons. The lowest BCUT2D eigenvalue weighted by Crippen LogP contribution is -2.46. The van der Waals surface area contributed by atoms with Crippen molar-refractivity contribution in [3.8, 4) is 0 Å². The quantitative estimate of drug-likeness (QED) is 0.740. The zero-order valence-electron chi connectivity index (χ0n) is 12.7. The van der Waals surface area contributed by atoms with Gasteiger partial charge >= 0.3 is 0 Å². The highest BCUT2D eigenvalue weighted by Gasteiger charge is 2.27. The van der Waals surface area contributed by atoms with Crippen LogP contribution in [0.2, 0.25) is 0 Å². The van der Waals surface area contributed by atoms with Crippen molar-refractivity contribution in [2.45, 2.75) is 26.3 Å². The molecule has 2 heterocycles. The van der Waals surface area contributed by atoms with Gasteiger partial charge in [-0.1, -0.05) is 0 Å². The van der Waals surface area contributed by atoms with E-state index in [4.69, 9.17) is 0 Å². The van der Waals surface area contributed by atoms with Gasteiger partial charge in [0.25, 0.3) is 10.2 Å². The summed E-state index contributed by atoms with van der Waals surface area (Å²) in [5, 5.41) is 7.29. The minimum absolute atomic E-state index is 0.361. The second kappa shape index (κ2) is 7.35. The van der Waals surface area contributed by atoms with Crippen molar-refractivity contribution in [3.05, 3.63) is 18.0 Å². The highest BCUT2D eigenvalue weighted by molar-refractivity contribution is 7.87. The maximum atomic E-state index is 12.2. The highest BCUT2D eigenvalue weighted by atomic mass is 32.2. The average Bonchev–Trinajstić information content (AvgIpc) is 2.85. The number of hydrogen-bond donors (Lipinski definition) is 2. The molecule has 0 bridgehead atoms. The van der Waals surface area contributed by atoms with Crippen molar-refractivity contribution in [1.29, 1.82) is 0 Å². The summed E-state index contributed by atoms with van der Waals surface area (Å²) in [5.74, 6) is 0.577. The van der Waals surface area contributed by atoms with E-state index in [1.54, 1.807) is 15.2 Å². The molecule has 1 aliphatic rings. The molecule has 0 aliphatic carbocycles. The summed E-state index contributed by atoms with van der Waals surface area (Å²) in [6.45, 7) is 5.03. The van der Waals surface area contributed by atoms with Gasteiger partial charge in [-0.05, 0) is 44.8 Å². The molecule has 1 aromatic heterocycles. The predicted molar refractivity (Wildman–Crippen MR) is 82.1 cm³/mol. The smallest absolute Gasteiger partial charge is 0.279 e. The second-order valence-electron chi connectivity index (χ2n) is 5.58. The van der Waals surface area contributed by atoms with Crippen molar-refractivity contribution < 1.29 is 8.42 Å². The van der Waals surface area contributed by atoms with E-state index < -0.39 is 10.2 Å². The zero-order chi connectivity index (χ0) is 15.3. The first-order valence-electron chi connectivity index (χ1n) is 7.39. The van der Waals surface area contributed by atoms with Gasteiger partial charge < -0.3 is 5.32 Å². The number of nitrogens with zero attached hydrogens (tertiary/aromatic N) is 3. The minimum Gasteiger partial charge on any atom is -0.319 e. The first-order valence-corrected chi connectivity index (χ1v) is 8.83. The van der Waals surface area contributed by atoms with E-state index in [0.717, 1.165) is 24.9 Å². The molecule has 0 amide bonds. The Balaban J connectivity index is 1.77. The van der Waals surface area contributed by atoms with E-state index in [-0.39, 0.29) is 0 Å². The van der Waals surface area contributed by atoms with Crippen molar-refractivity contribution >= 4 is 10.2 Å². The lowest BCUT2D eigenvalue weighted by molar-refractivity contribution is 0.268. The number of aryl methyl sites for hydroxylation is 1. The molecule has 2 rings (SSSR count). The molecule has 1 aromatic rings. The third kappa shape index (κ3) is 4.77. The fourth-order valence-corrected chi connectivity index (χ4v) is 3.84. The molecule has 2 N–H and O–H groups in total. The monoisotopic (exact) mass is 315 g/mol. The van der Waals surface area contributed by atoms with Crippen LogP contribution in [0.3, 0.4) is 0 Å². The number of rotatable bonds is 7. The van der Waals surface area contributed by atoms with Crippen LogP contribution in [0.1, 0.15) is 18.4 Å². The van der Waals surface area contributed by atoms with Gasteiger partial charge in [0.2, 0.25) is 0 Å². The van der Waals surface area contributed by atoms with Crippen LogP contribution >= 0.6 is 0 Å². The zero-order valence-corrected chi connectivity index (χ0v) is 13.6. The summed E-state index contributed by atoms with van der Waals surface area (Å²) >= 11 is 0. The van der Waals surface area contributed by atoms with Gasteiger partial charge in [0.15, 0.2) is 0 Å². The molecule has 0 radical (unpaired) electrons. The molecule has 21 heavy (non-hydrogen) atoms. The average molecular weight is 315 g/mol. The molecule has 0 spiro atoms. The second-order valence-corrected chi connectivity index (χ2v) is 7.34. The number of nitrogens with one attached hydrogen (secondary N) is 2. The largest absolute Gasteiger partial charge is 0.319 e. The molecule has 0 aromatic carbocycles. The molecule has 0 unspecified atom stereocenters. The van der Waals surface area contributed by atoms with Gasteiger partial charge in [-0.3, -0.25) is 4.68 Å². The van der Waals surface area contributed by atoms with Crippen LogP contribution in [0.15, 0.2) is 12.4 Å². The Bertz CT molecular complexity index is 535. The molecular weight excluding hydrogens is 290 g/mol. The summed E-state index contributed by atoms with van der Waals surface area (Å²) in [5.41, 5.74) is 1.07. The van der Waals surface area contributed by atoms with E-state index in [2.05, 4.69) is 15.1 Å². The molecule has 1 saturated heterocycles. The maximum Gasteiger partial charge on any atom is 0.279 e. The van der Waals surface area contributed by atoms with Gasteiger partial charge in [-0.25, -0.2) is 4.72 Å². The van der Waals surface area contributed by atoms with Crippen LogP contribution in [0, 0.1) is 12.8 Å². The normalized spacial score (nSPS) is 18.2. The van der Waals surface area contributed by atoms with Crippen LogP contribution < -0.4 is 10.0 Å². The molecule has 0 saturated carbocycles. The molecule has 1 aliphatic heterocycles. The van der Waals surface area contributed by atoms with Crippen LogP contribution in [0.25, 0.3) is 0 Å². The van der Waals surface area contributed by atoms with Gasteiger partial charge in [0.1, 0.15) is 0 Å². The van der Waals surface area contributed by atoms with Gasteiger partial charge in [-0.15, -0.1) is 0 Å². The van der Waals surface area contributed by atoms with Gasteiger partial charge in [0.05, 0.1) is 12.7 Å². The van der Waals surface area contributed by atoms with Crippen LogP contribution in [-0.4, -0.2) is 55.7 Å². The number of piperidine rings is 1. The summed E-state index contributed by atoms with van der Waals surface area (Å²) in [7, 11) is -1.43. The van der Waals surface area contributed by atoms with Crippen molar-refractivity contribution in [2.75, 3.05) is 33.2 Å². The van der Waals surface area contributed by atoms with Crippen LogP contribution in [0.5, 0.6) is 0 Å². The fraction of sp³-hybridized carbons (Fsp3) is 0.769. The topological polar surface area (TPSA) is 79.3 Å². The lowest BCUT2D eigenvalue weighted by Gasteiger charge is -2.31. The Kier molecular flexibility index (Phi) is 5.74. The summed E-state index contributed by atoms with van der Waals surface area (Å²) < 4.78 is 30.4. The SMILES string of the molecule is CNCC1CCN(S(=O)(=O)NCCn2cc(C)cn2)CC1. The fourth-order valence-electron chi connectivity index (χ4n) is 2.61. The Morgan fingerprint density at radius 2 is 2.10 bits per heavy atom. The summed E-state index contributed by atoms with van der Waals surface area (Å²) in [6, 6.07) is 0. The Hall–Kier alpha value is -0.960. The lowest BCUT2D eigenvalue weighted by atomic mass is 9.98. The Morgan fingerprint density at radius 1 is 1.38 bits per heavy atom. The predicted octanol–water partition coefficient (Wildman–Crippen LogP) is -0.0427. The third-order valence-corrected chi connectivity index (χ3v) is 5.41. The van der Waals surface area contributed by atoms with Crippen molar-refractivity contribution in [2.24, 2.45) is 5.92 Å². The molecule has 8 heteroatoms. The van der Waals surface area contributed by atoms with Crippen molar-refractivity contribution in [3.63, 3.8) is 0 Å². The standard InChI is InChI=1S/C13H25N5O2S/c1-12-9-15-17(11-12)8-5-16-21(19,20)18-6-3-13(4-7-18)10-14-2/h9,11,13-14,16H,3-8,10H2,1-2H3. The summed E-state index contributed by atoms with van der Waals surface area (Å²) in [4.78, 5) is 0. The van der Waals surface area contributed by atoms with Crippen molar-refractivity contribution in [1.82, 2.24) is 24.1 Å². The third-order valence-electron chi connectivity index (χ3n) is 3.79. The number of aromatic nitrogens is 2. The minimum atomic E-state index is -3.36. The van der Waals surface area contributed by atoms with E-state index in [0.29, 0.717) is 32.1 Å². The molecule has 0 atom stereocenters. The van der Waals surface area contributed by atoms with E-state index in [1.807, 2.05) is 20.2 Å². The van der Waals surface area contributed by atoms with Gasteiger partial charge in [-0.2, -0.15) is 17.8 Å². The van der Waals surface area contributed by atoms with Crippen LogP contribution in [-0.2, 0) is 16.8 Å². The van der Waals surface area contributed by atoms with Gasteiger partial charge in [0, 0.05) is 25.8 Å². The maximum absolute atomic E-state index is 12.2. The Labute approximate surface area is 126 Å². The van der Waals surface area contributed by atoms with E-state index in [9.17, 15) is 8.42 Å².